The van der Waals surface area contributed by atoms with Gasteiger partial charge >= 0.3 is 7.12 Å². The minimum Gasteiger partial charge on any atom is -0.423 e. The first-order chi connectivity index (χ1) is 8.63. The normalized spacial score (nSPS) is 14.8. The second kappa shape index (κ2) is 4.26. The van der Waals surface area contributed by atoms with E-state index in [0.29, 0.717) is 11.4 Å². The molecule has 1 aromatic heterocycles. The molecule has 0 atom stereocenters. The van der Waals surface area contributed by atoms with Crippen LogP contribution in [0.2, 0.25) is 0 Å². The molecule has 0 aliphatic heterocycles. The van der Waals surface area contributed by atoms with Crippen LogP contribution in [0.1, 0.15) is 30.0 Å². The minimum atomic E-state index is -1.42. The molecule has 0 saturated heterocycles. The van der Waals surface area contributed by atoms with Gasteiger partial charge in [-0.25, -0.2) is 4.98 Å². The largest absolute Gasteiger partial charge is 0.488 e. The van der Waals surface area contributed by atoms with Crippen LogP contribution in [0.4, 0.5) is 0 Å². The minimum absolute atomic E-state index is 0.542. The summed E-state index contributed by atoms with van der Waals surface area (Å²) in [5.74, 6) is 0.576. The standard InChI is InChI=1S/C13H15BN2O2/c1-9-7-16(8-15-9)13-5-11(10-2-3-10)4-12(6-13)14(17)18/h4-8,10,17-18H,2-3H2,1H3. The molecule has 92 valence electrons. The van der Waals surface area contributed by atoms with E-state index < -0.39 is 7.12 Å². The predicted molar refractivity (Wildman–Crippen MR) is 70.1 cm³/mol. The lowest BCUT2D eigenvalue weighted by Gasteiger charge is -2.09. The Labute approximate surface area is 106 Å². The molecule has 0 bridgehead atoms. The van der Waals surface area contributed by atoms with Gasteiger partial charge in [-0.05, 0) is 48.8 Å². The van der Waals surface area contributed by atoms with Crippen molar-refractivity contribution in [3.05, 3.63) is 42.0 Å². The molecule has 5 heteroatoms. The summed E-state index contributed by atoms with van der Waals surface area (Å²) < 4.78 is 1.91. The van der Waals surface area contributed by atoms with Gasteiger partial charge in [0.25, 0.3) is 0 Å². The number of aromatic nitrogens is 2. The lowest BCUT2D eigenvalue weighted by atomic mass is 9.79. The van der Waals surface area contributed by atoms with Gasteiger partial charge < -0.3 is 14.6 Å². The Morgan fingerprint density at radius 3 is 2.61 bits per heavy atom. The molecule has 2 N–H and O–H groups in total. The van der Waals surface area contributed by atoms with Gasteiger partial charge in [0.1, 0.15) is 0 Å². The van der Waals surface area contributed by atoms with Gasteiger partial charge in [-0.15, -0.1) is 0 Å². The van der Waals surface area contributed by atoms with E-state index in [4.69, 9.17) is 0 Å². The van der Waals surface area contributed by atoms with Crippen molar-refractivity contribution in [3.8, 4) is 5.69 Å². The first-order valence-electron chi connectivity index (χ1n) is 6.15. The van der Waals surface area contributed by atoms with Crippen LogP contribution < -0.4 is 5.46 Å². The van der Waals surface area contributed by atoms with Gasteiger partial charge in [0, 0.05) is 11.9 Å². The van der Waals surface area contributed by atoms with Gasteiger partial charge in [0.05, 0.1) is 12.0 Å². The Hall–Kier alpha value is -1.59. The van der Waals surface area contributed by atoms with Crippen LogP contribution >= 0.6 is 0 Å². The summed E-state index contributed by atoms with van der Waals surface area (Å²) in [6.07, 6.45) is 6.05. The highest BCUT2D eigenvalue weighted by molar-refractivity contribution is 6.58. The Morgan fingerprint density at radius 1 is 1.28 bits per heavy atom. The van der Waals surface area contributed by atoms with Crippen LogP contribution in [0, 0.1) is 6.92 Å². The monoisotopic (exact) mass is 242 g/mol. The predicted octanol–water partition coefficient (Wildman–Crippen LogP) is 0.738. The summed E-state index contributed by atoms with van der Waals surface area (Å²) in [6, 6.07) is 5.78. The Morgan fingerprint density at radius 2 is 2.06 bits per heavy atom. The molecule has 1 aromatic carbocycles. The quantitative estimate of drug-likeness (QED) is 0.780. The zero-order valence-electron chi connectivity index (χ0n) is 10.2. The van der Waals surface area contributed by atoms with Crippen LogP contribution in [0.15, 0.2) is 30.7 Å². The maximum absolute atomic E-state index is 9.36. The van der Waals surface area contributed by atoms with Gasteiger partial charge in [-0.2, -0.15) is 0 Å². The lowest BCUT2D eigenvalue weighted by molar-refractivity contribution is 0.425. The van der Waals surface area contributed by atoms with E-state index in [1.165, 1.54) is 18.4 Å². The van der Waals surface area contributed by atoms with Crippen LogP contribution in [0.25, 0.3) is 5.69 Å². The summed E-state index contributed by atoms with van der Waals surface area (Å²) in [6.45, 7) is 1.93. The van der Waals surface area contributed by atoms with Gasteiger partial charge in [-0.3, -0.25) is 0 Å². The average molecular weight is 242 g/mol. The third-order valence-corrected chi connectivity index (χ3v) is 3.32. The fourth-order valence-corrected chi connectivity index (χ4v) is 2.17. The van der Waals surface area contributed by atoms with Crippen molar-refractivity contribution >= 4 is 12.6 Å². The molecule has 2 aromatic rings. The molecule has 0 amide bonds. The zero-order valence-corrected chi connectivity index (χ0v) is 10.2. The first kappa shape index (κ1) is 11.5. The first-order valence-corrected chi connectivity index (χ1v) is 6.15. The number of rotatable bonds is 3. The van der Waals surface area contributed by atoms with Crippen molar-refractivity contribution in [1.82, 2.24) is 9.55 Å². The van der Waals surface area contributed by atoms with E-state index in [-0.39, 0.29) is 0 Å². The molecule has 1 saturated carbocycles. The lowest BCUT2D eigenvalue weighted by Crippen LogP contribution is -2.30. The van der Waals surface area contributed by atoms with Crippen LogP contribution in [0.3, 0.4) is 0 Å². The summed E-state index contributed by atoms with van der Waals surface area (Å²) >= 11 is 0. The van der Waals surface area contributed by atoms with Crippen molar-refractivity contribution in [3.63, 3.8) is 0 Å². The van der Waals surface area contributed by atoms with Crippen molar-refractivity contribution in [2.75, 3.05) is 0 Å². The smallest absolute Gasteiger partial charge is 0.423 e. The summed E-state index contributed by atoms with van der Waals surface area (Å²) in [7, 11) is -1.42. The molecule has 1 fully saturated rings. The van der Waals surface area contributed by atoms with Crippen molar-refractivity contribution < 1.29 is 10.0 Å². The van der Waals surface area contributed by atoms with E-state index in [9.17, 15) is 10.0 Å². The molecule has 1 heterocycles. The number of hydrogen-bond acceptors (Lipinski definition) is 3. The van der Waals surface area contributed by atoms with E-state index in [2.05, 4.69) is 11.1 Å². The SMILES string of the molecule is Cc1cn(-c2cc(B(O)O)cc(C3CC3)c2)cn1. The topological polar surface area (TPSA) is 58.3 Å². The third-order valence-electron chi connectivity index (χ3n) is 3.32. The van der Waals surface area contributed by atoms with Crippen LogP contribution in [-0.4, -0.2) is 26.7 Å². The maximum atomic E-state index is 9.36. The molecule has 0 radical (unpaired) electrons. The number of imidazole rings is 1. The molecule has 18 heavy (non-hydrogen) atoms. The maximum Gasteiger partial charge on any atom is 0.488 e. The highest BCUT2D eigenvalue weighted by Gasteiger charge is 2.25. The van der Waals surface area contributed by atoms with Crippen molar-refractivity contribution in [2.45, 2.75) is 25.7 Å². The molecule has 0 unspecified atom stereocenters. The van der Waals surface area contributed by atoms with Gasteiger partial charge in [-0.1, -0.05) is 6.07 Å². The third kappa shape index (κ3) is 2.19. The van der Waals surface area contributed by atoms with Gasteiger partial charge in [0.2, 0.25) is 0 Å². The Kier molecular flexibility index (Phi) is 2.72. The summed E-state index contributed by atoms with van der Waals surface area (Å²) in [5, 5.41) is 18.7. The van der Waals surface area contributed by atoms with Crippen molar-refractivity contribution in [1.29, 1.82) is 0 Å². The fraction of sp³-hybridized carbons (Fsp3) is 0.308. The number of hydrogen-bond donors (Lipinski definition) is 2. The van der Waals surface area contributed by atoms with Gasteiger partial charge in [0.15, 0.2) is 0 Å². The van der Waals surface area contributed by atoms with E-state index in [0.717, 1.165) is 11.4 Å². The summed E-state index contributed by atoms with van der Waals surface area (Å²) in [4.78, 5) is 4.20. The highest BCUT2D eigenvalue weighted by atomic mass is 16.4. The molecule has 1 aliphatic carbocycles. The average Bonchev–Trinajstić information content (AvgIpc) is 3.11. The second-order valence-electron chi connectivity index (χ2n) is 4.93. The van der Waals surface area contributed by atoms with E-state index in [1.54, 1.807) is 12.4 Å². The Bertz CT molecular complexity index is 556. The van der Waals surface area contributed by atoms with Crippen LogP contribution in [0.5, 0.6) is 0 Å². The number of aryl methyl sites for hydroxylation is 1. The van der Waals surface area contributed by atoms with Crippen LogP contribution in [-0.2, 0) is 0 Å². The molecular weight excluding hydrogens is 227 g/mol. The Balaban J connectivity index is 2.07. The van der Waals surface area contributed by atoms with E-state index in [1.807, 2.05) is 23.8 Å². The molecule has 4 nitrogen and oxygen atoms in total. The second-order valence-corrected chi connectivity index (χ2v) is 4.93. The fourth-order valence-electron chi connectivity index (χ4n) is 2.17. The number of nitrogens with zero attached hydrogens (tertiary/aromatic N) is 2. The highest BCUT2D eigenvalue weighted by Crippen LogP contribution is 2.40. The zero-order chi connectivity index (χ0) is 12.7. The van der Waals surface area contributed by atoms with E-state index >= 15 is 0 Å². The molecule has 0 spiro atoms. The molecule has 3 rings (SSSR count). The number of benzene rings is 1. The summed E-state index contributed by atoms with van der Waals surface area (Å²) in [5.41, 5.74) is 3.60. The molecule has 1 aliphatic rings. The van der Waals surface area contributed by atoms with Crippen molar-refractivity contribution in [2.24, 2.45) is 0 Å². The molecular formula is C13H15BN2O2.